The minimum Gasteiger partial charge on any atom is -0.453 e. The highest BCUT2D eigenvalue weighted by atomic mass is 79.9. The van der Waals surface area contributed by atoms with Crippen molar-refractivity contribution in [2.45, 2.75) is 38.0 Å². The quantitative estimate of drug-likeness (QED) is 0.683. The number of halogens is 1. The highest BCUT2D eigenvalue weighted by molar-refractivity contribution is 9.10. The summed E-state index contributed by atoms with van der Waals surface area (Å²) in [4.78, 5) is 34.6. The molecule has 1 aromatic heterocycles. The van der Waals surface area contributed by atoms with Gasteiger partial charge in [-0.1, -0.05) is 28.1 Å². The number of amides is 2. The second kappa shape index (κ2) is 9.41. The van der Waals surface area contributed by atoms with Crippen LogP contribution in [0.4, 0.5) is 4.79 Å². The molecule has 9 heteroatoms. The molecule has 0 aliphatic carbocycles. The van der Waals surface area contributed by atoms with Gasteiger partial charge in [-0.15, -0.1) is 0 Å². The van der Waals surface area contributed by atoms with Crippen molar-refractivity contribution in [1.82, 2.24) is 20.2 Å². The number of methoxy groups -OCH3 is 2. The molecule has 2 N–H and O–H groups in total. The third-order valence-corrected chi connectivity index (χ3v) is 5.70. The van der Waals surface area contributed by atoms with Crippen molar-refractivity contribution in [1.29, 1.82) is 0 Å². The van der Waals surface area contributed by atoms with Crippen LogP contribution in [-0.2, 0) is 14.3 Å². The minimum absolute atomic E-state index is 0.183. The molecule has 0 saturated carbocycles. The first-order valence-corrected chi connectivity index (χ1v) is 10.2. The summed E-state index contributed by atoms with van der Waals surface area (Å²) in [6.45, 7) is 2.33. The number of nitrogens with zero attached hydrogens (tertiary/aromatic N) is 2. The number of alkyl carbamates (subject to hydrolysis) is 1. The van der Waals surface area contributed by atoms with E-state index in [4.69, 9.17) is 4.74 Å². The summed E-state index contributed by atoms with van der Waals surface area (Å²) in [7, 11) is 2.77. The van der Waals surface area contributed by atoms with Crippen molar-refractivity contribution in [3.8, 4) is 11.3 Å². The first-order valence-electron chi connectivity index (χ1n) is 9.43. The number of rotatable bonds is 6. The highest BCUT2D eigenvalue weighted by Crippen LogP contribution is 2.32. The molecule has 1 saturated heterocycles. The number of aromatic nitrogens is 2. The topological polar surface area (TPSA) is 96.5 Å². The Morgan fingerprint density at radius 2 is 2.03 bits per heavy atom. The number of carbonyl (C=O) groups excluding carboxylic acids is 2. The van der Waals surface area contributed by atoms with Crippen LogP contribution < -0.4 is 5.32 Å². The molecule has 8 nitrogen and oxygen atoms in total. The highest BCUT2D eigenvalue weighted by Gasteiger charge is 2.38. The molecule has 0 radical (unpaired) electrons. The molecule has 2 aromatic rings. The fraction of sp³-hybridized carbons (Fsp3) is 0.450. The van der Waals surface area contributed by atoms with E-state index in [0.29, 0.717) is 6.54 Å². The zero-order valence-electron chi connectivity index (χ0n) is 16.6. The van der Waals surface area contributed by atoms with E-state index in [9.17, 15) is 9.59 Å². The molecule has 1 aromatic carbocycles. The number of H-pyrrole nitrogens is 1. The average molecular weight is 465 g/mol. The lowest BCUT2D eigenvalue weighted by Crippen LogP contribution is -2.54. The minimum atomic E-state index is -0.839. The van der Waals surface area contributed by atoms with Crippen LogP contribution in [0.1, 0.15) is 31.6 Å². The van der Waals surface area contributed by atoms with Crippen molar-refractivity contribution in [3.63, 3.8) is 0 Å². The number of hydrogen-bond donors (Lipinski definition) is 2. The Hall–Kier alpha value is -2.39. The summed E-state index contributed by atoms with van der Waals surface area (Å²) in [6.07, 6.45) is 2.26. The van der Waals surface area contributed by atoms with Crippen LogP contribution in [-0.4, -0.2) is 59.8 Å². The summed E-state index contributed by atoms with van der Waals surface area (Å²) in [5.41, 5.74) is 1.90. The summed E-state index contributed by atoms with van der Waals surface area (Å²) >= 11 is 3.43. The fourth-order valence-electron chi connectivity index (χ4n) is 3.48. The fourth-order valence-corrected chi connectivity index (χ4v) is 3.74. The van der Waals surface area contributed by atoms with Crippen molar-refractivity contribution in [3.05, 3.63) is 40.8 Å². The Morgan fingerprint density at radius 3 is 2.69 bits per heavy atom. The molecular formula is C20H25BrN4O4. The van der Waals surface area contributed by atoms with Gasteiger partial charge in [0.1, 0.15) is 11.9 Å². The maximum absolute atomic E-state index is 13.2. The molecule has 0 bridgehead atoms. The molecule has 0 spiro atoms. The van der Waals surface area contributed by atoms with Gasteiger partial charge in [-0.2, -0.15) is 0 Å². The molecule has 3 atom stereocenters. The van der Waals surface area contributed by atoms with Crippen LogP contribution in [0.5, 0.6) is 0 Å². The summed E-state index contributed by atoms with van der Waals surface area (Å²) in [6, 6.07) is 6.91. The molecule has 1 aliphatic rings. The molecule has 3 rings (SSSR count). The van der Waals surface area contributed by atoms with Crippen LogP contribution >= 0.6 is 15.9 Å². The normalized spacial score (nSPS) is 18.3. The largest absolute Gasteiger partial charge is 0.453 e. The summed E-state index contributed by atoms with van der Waals surface area (Å²) in [5, 5.41) is 2.59. The molecular weight excluding hydrogens is 440 g/mol. The van der Waals surface area contributed by atoms with Gasteiger partial charge in [0.25, 0.3) is 0 Å². The van der Waals surface area contributed by atoms with E-state index in [2.05, 4.69) is 36.0 Å². The van der Waals surface area contributed by atoms with E-state index < -0.39 is 18.2 Å². The van der Waals surface area contributed by atoms with Gasteiger partial charge in [-0.25, -0.2) is 9.78 Å². The Labute approximate surface area is 178 Å². The van der Waals surface area contributed by atoms with Gasteiger partial charge < -0.3 is 24.7 Å². The van der Waals surface area contributed by atoms with E-state index in [0.717, 1.165) is 34.4 Å². The lowest BCUT2D eigenvalue weighted by atomic mass is 10.1. The number of likely N-dealkylation sites (tertiary alicyclic amines) is 1. The zero-order valence-corrected chi connectivity index (χ0v) is 18.2. The lowest BCUT2D eigenvalue weighted by molar-refractivity contribution is -0.137. The molecule has 2 amide bonds. The van der Waals surface area contributed by atoms with E-state index >= 15 is 0 Å². The van der Waals surface area contributed by atoms with Crippen LogP contribution in [0.25, 0.3) is 11.3 Å². The maximum Gasteiger partial charge on any atom is 0.407 e. The Bertz CT molecular complexity index is 854. The number of aromatic amines is 1. The second-order valence-corrected chi connectivity index (χ2v) is 7.85. The van der Waals surface area contributed by atoms with Gasteiger partial charge >= 0.3 is 6.09 Å². The monoisotopic (exact) mass is 464 g/mol. The Kier molecular flexibility index (Phi) is 6.92. The van der Waals surface area contributed by atoms with Gasteiger partial charge in [0.05, 0.1) is 31.1 Å². The summed E-state index contributed by atoms with van der Waals surface area (Å²) in [5.74, 6) is 0.518. The first kappa shape index (κ1) is 21.3. The number of ether oxygens (including phenoxy) is 2. The number of hydrogen-bond acceptors (Lipinski definition) is 5. The van der Waals surface area contributed by atoms with Gasteiger partial charge in [-0.3, -0.25) is 4.79 Å². The molecule has 156 valence electrons. The number of benzene rings is 1. The van der Waals surface area contributed by atoms with Gasteiger partial charge in [0.15, 0.2) is 0 Å². The lowest BCUT2D eigenvalue weighted by Gasteiger charge is -2.30. The Balaban J connectivity index is 1.80. The van der Waals surface area contributed by atoms with Gasteiger partial charge in [0, 0.05) is 18.1 Å². The third kappa shape index (κ3) is 4.79. The molecule has 29 heavy (non-hydrogen) atoms. The predicted molar refractivity (Wildman–Crippen MR) is 111 cm³/mol. The van der Waals surface area contributed by atoms with E-state index in [-0.39, 0.29) is 11.9 Å². The van der Waals surface area contributed by atoms with Crippen molar-refractivity contribution >= 4 is 27.9 Å². The SMILES string of the molecule is COC(=O)NC(C(=O)N1CCC[C@H]1c1ncc(-c2ccc(Br)cc2)[nH]1)[C@@H](C)OC. The number of nitrogens with one attached hydrogen (secondary N) is 2. The molecule has 1 unspecified atom stereocenters. The van der Waals surface area contributed by atoms with Crippen LogP contribution in [0.3, 0.4) is 0 Å². The van der Waals surface area contributed by atoms with E-state index in [1.165, 1.54) is 14.2 Å². The molecule has 1 fully saturated rings. The Morgan fingerprint density at radius 1 is 1.31 bits per heavy atom. The average Bonchev–Trinajstić information content (AvgIpc) is 3.40. The van der Waals surface area contributed by atoms with Crippen LogP contribution in [0.15, 0.2) is 34.9 Å². The van der Waals surface area contributed by atoms with Crippen LogP contribution in [0.2, 0.25) is 0 Å². The number of carbonyl (C=O) groups is 2. The second-order valence-electron chi connectivity index (χ2n) is 6.93. The van der Waals surface area contributed by atoms with Crippen molar-refractivity contribution in [2.24, 2.45) is 0 Å². The zero-order chi connectivity index (χ0) is 21.0. The standard InChI is InChI=1S/C20H25BrN4O4/c1-12(28-2)17(24-20(27)29-3)19(26)25-10-4-5-16(25)18-22-11-15(23-18)13-6-8-14(21)9-7-13/h6-9,11-12,16-17H,4-5,10H2,1-3H3,(H,22,23)(H,24,27)/t12-,16+,17?/m1/s1. The maximum atomic E-state index is 13.2. The molecule has 2 heterocycles. The van der Waals surface area contributed by atoms with E-state index in [1.54, 1.807) is 18.0 Å². The van der Waals surface area contributed by atoms with Crippen LogP contribution in [0, 0.1) is 0 Å². The van der Waals surface area contributed by atoms with Crippen molar-refractivity contribution in [2.75, 3.05) is 20.8 Å². The molecule has 1 aliphatic heterocycles. The first-order chi connectivity index (χ1) is 13.9. The predicted octanol–water partition coefficient (Wildman–Crippen LogP) is 3.26. The summed E-state index contributed by atoms with van der Waals surface area (Å²) < 4.78 is 11.0. The van der Waals surface area contributed by atoms with Crippen molar-refractivity contribution < 1.29 is 19.1 Å². The smallest absolute Gasteiger partial charge is 0.407 e. The van der Waals surface area contributed by atoms with Gasteiger partial charge in [-0.05, 0) is 37.5 Å². The number of imidazole rings is 1. The van der Waals surface area contributed by atoms with Gasteiger partial charge in [0.2, 0.25) is 5.91 Å². The van der Waals surface area contributed by atoms with E-state index in [1.807, 2.05) is 24.3 Å². The third-order valence-electron chi connectivity index (χ3n) is 5.17.